The Balaban J connectivity index is 1.42. The SMILES string of the molecule is CC1CCCC2CC(C(=O)NC3CCN(C(=O)CCCN)CC3)NC12. The van der Waals surface area contributed by atoms with Gasteiger partial charge in [0.2, 0.25) is 11.8 Å². The summed E-state index contributed by atoms with van der Waals surface area (Å²) >= 11 is 0. The Morgan fingerprint density at radius 3 is 2.64 bits per heavy atom. The molecule has 1 saturated carbocycles. The highest BCUT2D eigenvalue weighted by atomic mass is 16.2. The number of hydrogen-bond donors (Lipinski definition) is 3. The molecule has 3 aliphatic rings. The maximum absolute atomic E-state index is 12.7. The monoisotopic (exact) mass is 350 g/mol. The molecule has 2 heterocycles. The third-order valence-electron chi connectivity index (χ3n) is 6.39. The number of rotatable bonds is 5. The summed E-state index contributed by atoms with van der Waals surface area (Å²) in [6.45, 7) is 4.36. The number of amides is 2. The summed E-state index contributed by atoms with van der Waals surface area (Å²) in [6.07, 6.45) is 7.83. The Morgan fingerprint density at radius 2 is 1.96 bits per heavy atom. The Hall–Kier alpha value is -1.14. The van der Waals surface area contributed by atoms with E-state index >= 15 is 0 Å². The lowest BCUT2D eigenvalue weighted by molar-refractivity contribution is -0.132. The zero-order valence-electron chi connectivity index (χ0n) is 15.5. The Kier molecular flexibility index (Phi) is 6.34. The van der Waals surface area contributed by atoms with Crippen LogP contribution in [0.25, 0.3) is 0 Å². The van der Waals surface area contributed by atoms with Gasteiger partial charge in [0.1, 0.15) is 0 Å². The van der Waals surface area contributed by atoms with Crippen molar-refractivity contribution in [2.75, 3.05) is 19.6 Å². The van der Waals surface area contributed by atoms with Crippen molar-refractivity contribution in [3.8, 4) is 0 Å². The zero-order chi connectivity index (χ0) is 17.8. The fourth-order valence-electron chi connectivity index (χ4n) is 4.86. The van der Waals surface area contributed by atoms with Crippen molar-refractivity contribution >= 4 is 11.8 Å². The second-order valence-electron chi connectivity index (χ2n) is 8.20. The predicted octanol–water partition coefficient (Wildman–Crippen LogP) is 0.999. The lowest BCUT2D eigenvalue weighted by Crippen LogP contribution is -2.51. The molecule has 4 unspecified atom stereocenters. The van der Waals surface area contributed by atoms with Crippen molar-refractivity contribution in [3.63, 3.8) is 0 Å². The molecule has 1 aliphatic carbocycles. The molecule has 6 nitrogen and oxygen atoms in total. The fraction of sp³-hybridized carbons (Fsp3) is 0.895. The van der Waals surface area contributed by atoms with Gasteiger partial charge in [-0.1, -0.05) is 13.3 Å². The summed E-state index contributed by atoms with van der Waals surface area (Å²) in [4.78, 5) is 26.6. The number of carbonyl (C=O) groups excluding carboxylic acids is 2. The van der Waals surface area contributed by atoms with E-state index in [-0.39, 0.29) is 23.9 Å². The summed E-state index contributed by atoms with van der Waals surface area (Å²) in [5.74, 6) is 1.71. The minimum Gasteiger partial charge on any atom is -0.352 e. The van der Waals surface area contributed by atoms with E-state index in [1.807, 2.05) is 4.90 Å². The van der Waals surface area contributed by atoms with Crippen molar-refractivity contribution in [2.24, 2.45) is 17.6 Å². The maximum atomic E-state index is 12.7. The zero-order valence-corrected chi connectivity index (χ0v) is 15.5. The van der Waals surface area contributed by atoms with Crippen LogP contribution in [-0.4, -0.2) is 54.5 Å². The molecule has 0 aromatic rings. The van der Waals surface area contributed by atoms with E-state index in [0.29, 0.717) is 30.8 Å². The number of nitrogens with one attached hydrogen (secondary N) is 2. The predicted molar refractivity (Wildman–Crippen MR) is 97.9 cm³/mol. The van der Waals surface area contributed by atoms with Gasteiger partial charge in [-0.05, 0) is 56.9 Å². The third kappa shape index (κ3) is 4.53. The molecule has 0 aromatic carbocycles. The van der Waals surface area contributed by atoms with Crippen LogP contribution in [0.5, 0.6) is 0 Å². The van der Waals surface area contributed by atoms with Gasteiger partial charge < -0.3 is 21.3 Å². The minimum absolute atomic E-state index is 0.0280. The average molecular weight is 351 g/mol. The molecular weight excluding hydrogens is 316 g/mol. The molecule has 2 amide bonds. The first-order chi connectivity index (χ1) is 12.1. The van der Waals surface area contributed by atoms with Gasteiger partial charge >= 0.3 is 0 Å². The highest BCUT2D eigenvalue weighted by Crippen LogP contribution is 2.36. The Morgan fingerprint density at radius 1 is 1.20 bits per heavy atom. The average Bonchev–Trinajstić information content (AvgIpc) is 3.06. The van der Waals surface area contributed by atoms with Gasteiger partial charge in [-0.15, -0.1) is 0 Å². The molecule has 0 aromatic heterocycles. The van der Waals surface area contributed by atoms with Crippen LogP contribution in [0, 0.1) is 11.8 Å². The van der Waals surface area contributed by atoms with E-state index in [2.05, 4.69) is 17.6 Å². The maximum Gasteiger partial charge on any atom is 0.237 e. The van der Waals surface area contributed by atoms with Gasteiger partial charge in [-0.3, -0.25) is 9.59 Å². The van der Waals surface area contributed by atoms with Gasteiger partial charge in [0.15, 0.2) is 0 Å². The second kappa shape index (κ2) is 8.49. The third-order valence-corrected chi connectivity index (χ3v) is 6.39. The molecule has 25 heavy (non-hydrogen) atoms. The molecule has 3 rings (SSSR count). The van der Waals surface area contributed by atoms with E-state index in [1.54, 1.807) is 0 Å². The van der Waals surface area contributed by atoms with Crippen LogP contribution >= 0.6 is 0 Å². The molecule has 2 saturated heterocycles. The summed E-state index contributed by atoms with van der Waals surface area (Å²) in [6, 6.07) is 0.694. The molecule has 2 aliphatic heterocycles. The Labute approximate surface area is 151 Å². The van der Waals surface area contributed by atoms with E-state index in [4.69, 9.17) is 5.73 Å². The molecule has 6 heteroatoms. The van der Waals surface area contributed by atoms with E-state index < -0.39 is 0 Å². The molecule has 0 spiro atoms. The second-order valence-corrected chi connectivity index (χ2v) is 8.20. The normalized spacial score (nSPS) is 33.1. The fourth-order valence-corrected chi connectivity index (χ4v) is 4.86. The van der Waals surface area contributed by atoms with Crippen molar-refractivity contribution in [1.29, 1.82) is 0 Å². The minimum atomic E-state index is -0.0280. The summed E-state index contributed by atoms with van der Waals surface area (Å²) in [5.41, 5.74) is 5.47. The van der Waals surface area contributed by atoms with Gasteiger partial charge in [-0.2, -0.15) is 0 Å². The molecule has 4 N–H and O–H groups in total. The molecule has 142 valence electrons. The molecule has 4 atom stereocenters. The molecule has 3 fully saturated rings. The highest BCUT2D eigenvalue weighted by molar-refractivity contribution is 5.82. The number of likely N-dealkylation sites (tertiary alicyclic amines) is 1. The van der Waals surface area contributed by atoms with Crippen LogP contribution in [-0.2, 0) is 9.59 Å². The van der Waals surface area contributed by atoms with E-state index in [0.717, 1.165) is 38.8 Å². The first-order valence-corrected chi connectivity index (χ1v) is 10.1. The molecular formula is C19H34N4O2. The van der Waals surface area contributed by atoms with Crippen molar-refractivity contribution < 1.29 is 9.59 Å². The van der Waals surface area contributed by atoms with Crippen LogP contribution in [0.3, 0.4) is 0 Å². The summed E-state index contributed by atoms with van der Waals surface area (Å²) < 4.78 is 0. The topological polar surface area (TPSA) is 87.5 Å². The first kappa shape index (κ1) is 18.6. The number of fused-ring (bicyclic) bond motifs is 1. The van der Waals surface area contributed by atoms with Crippen molar-refractivity contribution in [2.45, 2.75) is 76.4 Å². The smallest absolute Gasteiger partial charge is 0.237 e. The number of nitrogens with two attached hydrogens (primary N) is 1. The van der Waals surface area contributed by atoms with Crippen LogP contribution < -0.4 is 16.4 Å². The van der Waals surface area contributed by atoms with Gasteiger partial charge in [0.05, 0.1) is 6.04 Å². The van der Waals surface area contributed by atoms with Crippen molar-refractivity contribution in [3.05, 3.63) is 0 Å². The number of nitrogens with zero attached hydrogens (tertiary/aromatic N) is 1. The van der Waals surface area contributed by atoms with Crippen LogP contribution in [0.4, 0.5) is 0 Å². The standard InChI is InChI=1S/C19H34N4O2/c1-13-4-2-5-14-12-16(22-18(13)14)19(25)21-15-7-10-23(11-8-15)17(24)6-3-9-20/h13-16,18,22H,2-12,20H2,1H3,(H,21,25). The molecule has 0 radical (unpaired) electrons. The number of piperidine rings is 1. The summed E-state index contributed by atoms with van der Waals surface area (Å²) in [5, 5.41) is 6.82. The van der Waals surface area contributed by atoms with Gasteiger partial charge in [0, 0.05) is 31.6 Å². The lowest BCUT2D eigenvalue weighted by atomic mass is 9.78. The first-order valence-electron chi connectivity index (χ1n) is 10.1. The highest BCUT2D eigenvalue weighted by Gasteiger charge is 2.41. The van der Waals surface area contributed by atoms with Crippen molar-refractivity contribution in [1.82, 2.24) is 15.5 Å². The van der Waals surface area contributed by atoms with Crippen LogP contribution in [0.15, 0.2) is 0 Å². The summed E-state index contributed by atoms with van der Waals surface area (Å²) in [7, 11) is 0. The van der Waals surface area contributed by atoms with Gasteiger partial charge in [0.25, 0.3) is 0 Å². The number of hydrogen-bond acceptors (Lipinski definition) is 4. The van der Waals surface area contributed by atoms with E-state index in [9.17, 15) is 9.59 Å². The Bertz CT molecular complexity index is 476. The van der Waals surface area contributed by atoms with E-state index in [1.165, 1.54) is 19.3 Å². The van der Waals surface area contributed by atoms with Gasteiger partial charge in [-0.25, -0.2) is 0 Å². The largest absolute Gasteiger partial charge is 0.352 e. The quantitative estimate of drug-likeness (QED) is 0.690. The molecule has 0 bridgehead atoms. The number of carbonyl (C=O) groups is 2. The van der Waals surface area contributed by atoms with Crippen LogP contribution in [0.2, 0.25) is 0 Å². The lowest BCUT2D eigenvalue weighted by Gasteiger charge is -2.33. The van der Waals surface area contributed by atoms with Crippen LogP contribution in [0.1, 0.15) is 58.3 Å².